The van der Waals surface area contributed by atoms with Gasteiger partial charge < -0.3 is 0 Å². The molecule has 0 aliphatic carbocycles. The summed E-state index contributed by atoms with van der Waals surface area (Å²) in [5.74, 6) is 0. The van der Waals surface area contributed by atoms with Gasteiger partial charge in [-0.25, -0.2) is 13.1 Å². The minimum atomic E-state index is -3.52. The van der Waals surface area contributed by atoms with E-state index < -0.39 is 10.0 Å². The third-order valence-corrected chi connectivity index (χ3v) is 8.39. The van der Waals surface area contributed by atoms with E-state index in [4.69, 9.17) is 0 Å². The normalized spacial score (nSPS) is 12.7. The molecule has 0 amide bonds. The predicted molar refractivity (Wildman–Crippen MR) is 139 cm³/mol. The van der Waals surface area contributed by atoms with Gasteiger partial charge in [0.1, 0.15) is 5.69 Å². The first-order valence-corrected chi connectivity index (χ1v) is 13.8. The van der Waals surface area contributed by atoms with Gasteiger partial charge in [-0.15, -0.1) is 5.10 Å². The van der Waals surface area contributed by atoms with Crippen LogP contribution in [-0.4, -0.2) is 34.9 Å². The number of aromatic nitrogens is 4. The molecule has 0 bridgehead atoms. The summed E-state index contributed by atoms with van der Waals surface area (Å²) in [5, 5.41) is 8.55. The topological polar surface area (TPSA) is 89.8 Å². The summed E-state index contributed by atoms with van der Waals surface area (Å²) in [4.78, 5) is 4.42. The van der Waals surface area contributed by atoms with Crippen LogP contribution in [0.2, 0.25) is 0 Å². The lowest BCUT2D eigenvalue weighted by molar-refractivity contribution is 0.161. The minimum Gasteiger partial charge on any atom is -0.264 e. The van der Waals surface area contributed by atoms with E-state index in [9.17, 15) is 8.42 Å². The van der Waals surface area contributed by atoms with E-state index in [-0.39, 0.29) is 15.7 Å². The Hall–Kier alpha value is -2.10. The third-order valence-electron chi connectivity index (χ3n) is 5.92. The zero-order valence-corrected chi connectivity index (χ0v) is 22.7. The monoisotopic (exact) mass is 547 g/mol. The summed E-state index contributed by atoms with van der Waals surface area (Å²) in [6.07, 6.45) is 9.22. The highest BCUT2D eigenvalue weighted by Crippen LogP contribution is 2.39. The van der Waals surface area contributed by atoms with Crippen LogP contribution in [0.15, 0.2) is 64.4 Å². The van der Waals surface area contributed by atoms with Crippen LogP contribution in [0.3, 0.4) is 0 Å². The molecule has 34 heavy (non-hydrogen) atoms. The molecule has 1 N–H and O–H groups in total. The summed E-state index contributed by atoms with van der Waals surface area (Å²) >= 11 is 3.32. The number of hydrogen-bond acceptors (Lipinski definition) is 5. The van der Waals surface area contributed by atoms with Gasteiger partial charge in [0, 0.05) is 35.5 Å². The van der Waals surface area contributed by atoms with Gasteiger partial charge in [0.05, 0.1) is 11.1 Å². The lowest BCUT2D eigenvalue weighted by Crippen LogP contribution is -2.28. The molecule has 0 unspecified atom stereocenters. The van der Waals surface area contributed by atoms with Crippen molar-refractivity contribution in [2.24, 2.45) is 10.8 Å². The minimum absolute atomic E-state index is 0.0888. The van der Waals surface area contributed by atoms with Crippen molar-refractivity contribution in [1.82, 2.24) is 24.7 Å². The first-order valence-electron chi connectivity index (χ1n) is 11.5. The number of nitrogens with zero attached hydrogens (tertiary/aromatic N) is 4. The summed E-state index contributed by atoms with van der Waals surface area (Å²) < 4.78 is 30.3. The van der Waals surface area contributed by atoms with E-state index in [0.717, 1.165) is 43.5 Å². The maximum atomic E-state index is 12.6. The smallest absolute Gasteiger partial charge is 0.241 e. The second kappa shape index (κ2) is 11.1. The second-order valence-corrected chi connectivity index (χ2v) is 12.9. The van der Waals surface area contributed by atoms with Gasteiger partial charge in [-0.05, 0) is 76.7 Å². The quantitative estimate of drug-likeness (QED) is 0.294. The van der Waals surface area contributed by atoms with Crippen LogP contribution in [0.1, 0.15) is 53.4 Å². The molecule has 0 aliphatic rings. The summed E-state index contributed by atoms with van der Waals surface area (Å²) in [5.41, 5.74) is 1.99. The summed E-state index contributed by atoms with van der Waals surface area (Å²) in [7, 11) is -3.52. The van der Waals surface area contributed by atoms with E-state index in [1.54, 1.807) is 36.7 Å². The van der Waals surface area contributed by atoms with Crippen LogP contribution >= 0.6 is 15.9 Å². The fraction of sp³-hybridized carbons (Fsp3) is 0.480. The van der Waals surface area contributed by atoms with Gasteiger partial charge in [0.2, 0.25) is 10.0 Å². The van der Waals surface area contributed by atoms with Crippen molar-refractivity contribution >= 4 is 26.0 Å². The molecule has 0 radical (unpaired) electrons. The lowest BCUT2D eigenvalue weighted by Gasteiger charge is -2.35. The maximum absolute atomic E-state index is 12.6. The number of rotatable bonds is 12. The van der Waals surface area contributed by atoms with Crippen LogP contribution in [0.25, 0.3) is 11.3 Å². The largest absolute Gasteiger partial charge is 0.264 e. The standard InChI is InChI=1S/C25H34BrN5O2S/c1-24(2,12-8-15-28-34(32,33)23-11-6-5-10-21(23)26)19-25(3,4)13-16-31-18-22(29-30-31)20-9-7-14-27-17-20/h5-7,9-11,14,17-18,28H,8,12-13,15-16,19H2,1-4H3. The van der Waals surface area contributed by atoms with Crippen LogP contribution < -0.4 is 4.72 Å². The Morgan fingerprint density at radius 1 is 1.03 bits per heavy atom. The van der Waals surface area contributed by atoms with Crippen molar-refractivity contribution in [3.63, 3.8) is 0 Å². The number of halogens is 1. The number of benzene rings is 1. The molecule has 1 aromatic carbocycles. The molecule has 0 spiro atoms. The zero-order chi connectivity index (χ0) is 24.8. The Bertz CT molecular complexity index is 1180. The molecule has 0 fully saturated rings. The second-order valence-electron chi connectivity index (χ2n) is 10.3. The van der Waals surface area contributed by atoms with Gasteiger partial charge in [-0.3, -0.25) is 9.67 Å². The fourth-order valence-electron chi connectivity index (χ4n) is 4.46. The van der Waals surface area contributed by atoms with Crippen molar-refractivity contribution in [1.29, 1.82) is 0 Å². The number of aryl methyl sites for hydroxylation is 1. The first kappa shape index (κ1) is 26.5. The fourth-order valence-corrected chi connectivity index (χ4v) is 6.53. The molecule has 0 saturated carbocycles. The van der Waals surface area contributed by atoms with Gasteiger partial charge in [0.15, 0.2) is 0 Å². The average molecular weight is 549 g/mol. The van der Waals surface area contributed by atoms with E-state index in [1.807, 2.05) is 23.0 Å². The molecule has 7 nitrogen and oxygen atoms in total. The number of sulfonamides is 1. The van der Waals surface area contributed by atoms with E-state index in [2.05, 4.69) is 63.6 Å². The molecule has 184 valence electrons. The number of pyridine rings is 1. The van der Waals surface area contributed by atoms with Crippen molar-refractivity contribution in [3.05, 3.63) is 59.5 Å². The molecular weight excluding hydrogens is 514 g/mol. The molecule has 2 heterocycles. The Morgan fingerprint density at radius 3 is 2.47 bits per heavy atom. The average Bonchev–Trinajstić information content (AvgIpc) is 3.25. The number of hydrogen-bond donors (Lipinski definition) is 1. The van der Waals surface area contributed by atoms with Crippen molar-refractivity contribution in [3.8, 4) is 11.3 Å². The molecule has 3 aromatic rings. The van der Waals surface area contributed by atoms with E-state index in [0.29, 0.717) is 11.0 Å². The summed E-state index contributed by atoms with van der Waals surface area (Å²) in [6, 6.07) is 10.7. The van der Waals surface area contributed by atoms with Crippen LogP contribution in [-0.2, 0) is 16.6 Å². The predicted octanol–water partition coefficient (Wildman–Crippen LogP) is 5.69. The highest BCUT2D eigenvalue weighted by molar-refractivity contribution is 9.10. The SMILES string of the molecule is CC(C)(CCCNS(=O)(=O)c1ccccc1Br)CC(C)(C)CCn1cc(-c2cccnc2)nn1. The van der Waals surface area contributed by atoms with Gasteiger partial charge >= 0.3 is 0 Å². The Kier molecular flexibility index (Phi) is 8.65. The van der Waals surface area contributed by atoms with Crippen LogP contribution in [0, 0.1) is 10.8 Å². The molecule has 3 rings (SSSR count). The maximum Gasteiger partial charge on any atom is 0.241 e. The molecule has 0 atom stereocenters. The number of nitrogens with one attached hydrogen (secondary N) is 1. The lowest BCUT2D eigenvalue weighted by atomic mass is 9.71. The van der Waals surface area contributed by atoms with Crippen molar-refractivity contribution in [2.75, 3.05) is 6.54 Å². The highest BCUT2D eigenvalue weighted by atomic mass is 79.9. The van der Waals surface area contributed by atoms with Crippen LogP contribution in [0.5, 0.6) is 0 Å². The van der Waals surface area contributed by atoms with Crippen molar-refractivity contribution in [2.45, 2.75) is 64.8 Å². The molecule has 9 heteroatoms. The molecule has 0 saturated heterocycles. The van der Waals surface area contributed by atoms with Crippen molar-refractivity contribution < 1.29 is 8.42 Å². The molecule has 2 aromatic heterocycles. The van der Waals surface area contributed by atoms with Gasteiger partial charge in [-0.2, -0.15) is 0 Å². The Morgan fingerprint density at radius 2 is 1.76 bits per heavy atom. The third kappa shape index (κ3) is 7.71. The first-order chi connectivity index (χ1) is 16.0. The van der Waals surface area contributed by atoms with E-state index in [1.165, 1.54) is 0 Å². The van der Waals surface area contributed by atoms with Gasteiger partial charge in [-0.1, -0.05) is 45.0 Å². The van der Waals surface area contributed by atoms with Gasteiger partial charge in [0.25, 0.3) is 0 Å². The van der Waals surface area contributed by atoms with E-state index >= 15 is 0 Å². The van der Waals surface area contributed by atoms with Crippen LogP contribution in [0.4, 0.5) is 0 Å². The zero-order valence-electron chi connectivity index (χ0n) is 20.3. The Labute approximate surface area is 211 Å². The molecule has 0 aliphatic heterocycles. The summed E-state index contributed by atoms with van der Waals surface area (Å²) in [6.45, 7) is 10.3. The Balaban J connectivity index is 1.46. The highest BCUT2D eigenvalue weighted by Gasteiger charge is 2.29. The molecular formula is C25H34BrN5O2S.